The van der Waals surface area contributed by atoms with E-state index < -0.39 is 0 Å². The number of halogens is 2. The Morgan fingerprint density at radius 2 is 2.13 bits per heavy atom. The third-order valence-electron chi connectivity index (χ3n) is 2.02. The zero-order valence-electron chi connectivity index (χ0n) is 7.80. The molecule has 1 aromatic carbocycles. The molecule has 0 aliphatic heterocycles. The van der Waals surface area contributed by atoms with Gasteiger partial charge in [-0.25, -0.2) is 0 Å². The van der Waals surface area contributed by atoms with Gasteiger partial charge in [0, 0.05) is 22.2 Å². The second-order valence-corrected chi connectivity index (χ2v) is 4.83. The van der Waals surface area contributed by atoms with E-state index in [4.69, 9.17) is 23.2 Å². The second kappa shape index (κ2) is 4.00. The van der Waals surface area contributed by atoms with Gasteiger partial charge in [-0.05, 0) is 12.1 Å². The van der Waals surface area contributed by atoms with E-state index in [2.05, 4.69) is 5.32 Å². The second-order valence-electron chi connectivity index (χ2n) is 2.96. The molecule has 0 unspecified atom stereocenters. The summed E-state index contributed by atoms with van der Waals surface area (Å²) in [5, 5.41) is 4.55. The maximum absolute atomic E-state index is 11.5. The van der Waals surface area contributed by atoms with E-state index >= 15 is 0 Å². The molecule has 0 saturated carbocycles. The molecular formula is C10H7Cl2NOS. The summed E-state index contributed by atoms with van der Waals surface area (Å²) >= 11 is 13.3. The number of thiophene rings is 1. The van der Waals surface area contributed by atoms with Crippen molar-refractivity contribution in [3.8, 4) is 0 Å². The fourth-order valence-electron chi connectivity index (χ4n) is 1.30. The number of hydrogen-bond donors (Lipinski definition) is 1. The van der Waals surface area contributed by atoms with Crippen LogP contribution in [0.2, 0.25) is 10.0 Å². The summed E-state index contributed by atoms with van der Waals surface area (Å²) in [6.45, 7) is 0. The smallest absolute Gasteiger partial charge is 0.262 e. The van der Waals surface area contributed by atoms with Gasteiger partial charge in [0.05, 0.1) is 5.02 Å². The lowest BCUT2D eigenvalue weighted by Gasteiger charge is -1.94. The largest absolute Gasteiger partial charge is 0.354 e. The lowest BCUT2D eigenvalue weighted by atomic mass is 10.2. The summed E-state index contributed by atoms with van der Waals surface area (Å²) in [5.41, 5.74) is 0. The Balaban J connectivity index is 2.69. The van der Waals surface area contributed by atoms with Gasteiger partial charge in [-0.2, -0.15) is 0 Å². The number of carbonyl (C=O) groups is 1. The first kappa shape index (κ1) is 10.7. The first-order valence-electron chi connectivity index (χ1n) is 4.23. The highest BCUT2D eigenvalue weighted by atomic mass is 35.5. The van der Waals surface area contributed by atoms with E-state index in [1.807, 2.05) is 6.07 Å². The molecule has 2 nitrogen and oxygen atoms in total. The topological polar surface area (TPSA) is 29.1 Å². The number of rotatable bonds is 1. The molecule has 1 heterocycles. The van der Waals surface area contributed by atoms with Crippen LogP contribution in [0.4, 0.5) is 0 Å². The SMILES string of the molecule is CNC(=O)c1sc2cc(Cl)ccc2c1Cl. The lowest BCUT2D eigenvalue weighted by molar-refractivity contribution is 0.0967. The minimum Gasteiger partial charge on any atom is -0.354 e. The molecule has 0 radical (unpaired) electrons. The zero-order valence-corrected chi connectivity index (χ0v) is 10.1. The molecule has 0 atom stereocenters. The van der Waals surface area contributed by atoms with E-state index in [1.54, 1.807) is 19.2 Å². The van der Waals surface area contributed by atoms with Crippen LogP contribution in [-0.2, 0) is 0 Å². The number of benzene rings is 1. The Bertz CT molecular complexity index is 535. The van der Waals surface area contributed by atoms with E-state index in [-0.39, 0.29) is 5.91 Å². The van der Waals surface area contributed by atoms with Gasteiger partial charge >= 0.3 is 0 Å². The van der Waals surface area contributed by atoms with Gasteiger partial charge in [0.2, 0.25) is 0 Å². The van der Waals surface area contributed by atoms with Crippen molar-refractivity contribution in [2.45, 2.75) is 0 Å². The van der Waals surface area contributed by atoms with Crippen molar-refractivity contribution in [3.05, 3.63) is 33.1 Å². The molecule has 5 heteroatoms. The van der Waals surface area contributed by atoms with Crippen molar-refractivity contribution in [2.75, 3.05) is 7.05 Å². The molecule has 1 amide bonds. The average Bonchev–Trinajstić information content (AvgIpc) is 2.54. The third kappa shape index (κ3) is 1.83. The molecular weight excluding hydrogens is 253 g/mol. The minimum absolute atomic E-state index is 0.169. The molecule has 0 fully saturated rings. The quantitative estimate of drug-likeness (QED) is 0.834. The van der Waals surface area contributed by atoms with Crippen molar-refractivity contribution >= 4 is 50.5 Å². The van der Waals surface area contributed by atoms with Crippen molar-refractivity contribution in [3.63, 3.8) is 0 Å². The van der Waals surface area contributed by atoms with E-state index in [1.165, 1.54) is 11.3 Å². The van der Waals surface area contributed by atoms with Crippen LogP contribution < -0.4 is 5.32 Å². The standard InChI is InChI=1S/C10H7Cl2NOS/c1-13-10(14)9-8(12)6-3-2-5(11)4-7(6)15-9/h2-4H,1H3,(H,13,14). The number of carbonyl (C=O) groups excluding carboxylic acids is 1. The van der Waals surface area contributed by atoms with Crippen LogP contribution in [-0.4, -0.2) is 13.0 Å². The Morgan fingerprint density at radius 1 is 1.40 bits per heavy atom. The molecule has 1 N–H and O–H groups in total. The minimum atomic E-state index is -0.169. The Morgan fingerprint density at radius 3 is 2.80 bits per heavy atom. The van der Waals surface area contributed by atoms with E-state index in [0.717, 1.165) is 10.1 Å². The van der Waals surface area contributed by atoms with Crippen LogP contribution in [0.3, 0.4) is 0 Å². The molecule has 1 aromatic heterocycles. The van der Waals surface area contributed by atoms with Crippen LogP contribution in [0.25, 0.3) is 10.1 Å². The fraction of sp³-hybridized carbons (Fsp3) is 0.100. The van der Waals surface area contributed by atoms with Gasteiger partial charge in [0.25, 0.3) is 5.91 Å². The summed E-state index contributed by atoms with van der Waals surface area (Å²) in [6.07, 6.45) is 0. The molecule has 0 saturated heterocycles. The Kier molecular flexibility index (Phi) is 2.87. The van der Waals surface area contributed by atoms with Crippen LogP contribution in [0, 0.1) is 0 Å². The summed E-state index contributed by atoms with van der Waals surface area (Å²) in [5.74, 6) is -0.169. The molecule has 78 valence electrons. The highest BCUT2D eigenvalue weighted by molar-refractivity contribution is 7.21. The van der Waals surface area contributed by atoms with E-state index in [0.29, 0.717) is 14.9 Å². The Labute approximate surface area is 101 Å². The monoisotopic (exact) mass is 259 g/mol. The van der Waals surface area contributed by atoms with Crippen molar-refractivity contribution in [2.24, 2.45) is 0 Å². The van der Waals surface area contributed by atoms with Gasteiger partial charge in [-0.1, -0.05) is 29.3 Å². The van der Waals surface area contributed by atoms with Gasteiger partial charge in [-0.3, -0.25) is 4.79 Å². The first-order chi connectivity index (χ1) is 7.13. The highest BCUT2D eigenvalue weighted by Gasteiger charge is 2.15. The van der Waals surface area contributed by atoms with Gasteiger partial charge in [-0.15, -0.1) is 11.3 Å². The average molecular weight is 260 g/mol. The maximum Gasteiger partial charge on any atom is 0.262 e. The predicted molar refractivity (Wildman–Crippen MR) is 65.2 cm³/mol. The number of fused-ring (bicyclic) bond motifs is 1. The zero-order chi connectivity index (χ0) is 11.0. The van der Waals surface area contributed by atoms with Gasteiger partial charge in [0.1, 0.15) is 4.88 Å². The van der Waals surface area contributed by atoms with Crippen LogP contribution in [0.15, 0.2) is 18.2 Å². The summed E-state index contributed by atoms with van der Waals surface area (Å²) in [6, 6.07) is 5.39. The molecule has 0 aliphatic carbocycles. The van der Waals surface area contributed by atoms with Crippen molar-refractivity contribution in [1.29, 1.82) is 0 Å². The summed E-state index contributed by atoms with van der Waals surface area (Å²) in [4.78, 5) is 12.0. The van der Waals surface area contributed by atoms with Gasteiger partial charge in [0.15, 0.2) is 0 Å². The molecule has 15 heavy (non-hydrogen) atoms. The van der Waals surface area contributed by atoms with E-state index in [9.17, 15) is 4.79 Å². The third-order valence-corrected chi connectivity index (χ3v) is 3.92. The normalized spacial score (nSPS) is 10.6. The summed E-state index contributed by atoms with van der Waals surface area (Å²) < 4.78 is 0.922. The van der Waals surface area contributed by atoms with Crippen molar-refractivity contribution in [1.82, 2.24) is 5.32 Å². The summed E-state index contributed by atoms with van der Waals surface area (Å²) in [7, 11) is 1.58. The number of nitrogens with one attached hydrogen (secondary N) is 1. The molecule has 0 spiro atoms. The van der Waals surface area contributed by atoms with Crippen LogP contribution in [0.1, 0.15) is 9.67 Å². The fourth-order valence-corrected chi connectivity index (χ4v) is 3.04. The predicted octanol–water partition coefficient (Wildman–Crippen LogP) is 3.57. The molecule has 2 rings (SSSR count). The molecule has 2 aromatic rings. The van der Waals surface area contributed by atoms with Crippen LogP contribution >= 0.6 is 34.5 Å². The molecule has 0 aliphatic rings. The van der Waals surface area contributed by atoms with Crippen LogP contribution in [0.5, 0.6) is 0 Å². The Hall–Kier alpha value is -0.770. The maximum atomic E-state index is 11.5. The lowest BCUT2D eigenvalue weighted by Crippen LogP contribution is -2.16. The number of hydrogen-bond acceptors (Lipinski definition) is 2. The number of amides is 1. The highest BCUT2D eigenvalue weighted by Crippen LogP contribution is 2.36. The molecule has 0 bridgehead atoms. The first-order valence-corrected chi connectivity index (χ1v) is 5.80. The van der Waals surface area contributed by atoms with Crippen molar-refractivity contribution < 1.29 is 4.79 Å². The van der Waals surface area contributed by atoms with Gasteiger partial charge < -0.3 is 5.32 Å².